The molecule has 0 saturated carbocycles. The maximum atomic E-state index is 11.7. The lowest BCUT2D eigenvalue weighted by atomic mass is 10.0. The van der Waals surface area contributed by atoms with Gasteiger partial charge in [0.1, 0.15) is 5.78 Å². The summed E-state index contributed by atoms with van der Waals surface area (Å²) in [6, 6.07) is 20.2. The lowest BCUT2D eigenvalue weighted by Gasteiger charge is -2.04. The van der Waals surface area contributed by atoms with E-state index in [2.05, 4.69) is 54.4 Å². The second-order valence-electron chi connectivity index (χ2n) is 8.47. The van der Waals surface area contributed by atoms with Gasteiger partial charge in [-0.2, -0.15) is 5.10 Å². The van der Waals surface area contributed by atoms with Crippen molar-refractivity contribution in [1.82, 2.24) is 30.1 Å². The van der Waals surface area contributed by atoms with E-state index in [0.717, 1.165) is 55.8 Å². The third-order valence-corrected chi connectivity index (χ3v) is 6.21. The molecule has 0 atom stereocenters. The number of nitrogens with one attached hydrogen (secondary N) is 2. The molecular formula is C28H22N6O. The molecule has 0 fully saturated rings. The molecule has 7 heteroatoms. The standard InChI is InChI=1S/C28H22N6O/c1-2-20(35)13-19-10-9-17(15-30-19)18-12-23-27(33-34-28(23)31-16-18)26-14-22-21(6-5-8-25(22)32-26)24-7-3-4-11-29-24/h3-12,14-16,32H,2,13H2,1H3,(H,31,33,34). The molecule has 0 spiro atoms. The van der Waals surface area contributed by atoms with E-state index in [0.29, 0.717) is 18.5 Å². The summed E-state index contributed by atoms with van der Waals surface area (Å²) in [6.07, 6.45) is 6.28. The van der Waals surface area contributed by atoms with Crippen LogP contribution in [0.25, 0.3) is 55.7 Å². The zero-order valence-electron chi connectivity index (χ0n) is 19.1. The number of aromatic nitrogens is 6. The van der Waals surface area contributed by atoms with Crippen molar-refractivity contribution >= 4 is 27.7 Å². The number of carbonyl (C=O) groups is 1. The lowest BCUT2D eigenvalue weighted by Crippen LogP contribution is -2.02. The van der Waals surface area contributed by atoms with E-state index < -0.39 is 0 Å². The molecule has 5 heterocycles. The molecule has 1 aromatic carbocycles. The number of nitrogens with zero attached hydrogens (tertiary/aromatic N) is 4. The van der Waals surface area contributed by atoms with Crippen LogP contribution in [-0.4, -0.2) is 35.9 Å². The van der Waals surface area contributed by atoms with Gasteiger partial charge >= 0.3 is 0 Å². The number of Topliss-reactive ketones (excluding diaryl/α,β-unsaturated/α-hetero) is 1. The number of hydrogen-bond donors (Lipinski definition) is 2. The quantitative estimate of drug-likeness (QED) is 0.331. The molecule has 0 aliphatic heterocycles. The average molecular weight is 459 g/mol. The fourth-order valence-electron chi connectivity index (χ4n) is 4.33. The predicted octanol–water partition coefficient (Wildman–Crippen LogP) is 5.75. The molecule has 0 radical (unpaired) electrons. The zero-order chi connectivity index (χ0) is 23.8. The molecule has 0 bridgehead atoms. The summed E-state index contributed by atoms with van der Waals surface area (Å²) in [7, 11) is 0. The predicted molar refractivity (Wildman–Crippen MR) is 137 cm³/mol. The van der Waals surface area contributed by atoms with Gasteiger partial charge in [-0.3, -0.25) is 19.9 Å². The Morgan fingerprint density at radius 1 is 0.886 bits per heavy atom. The number of pyridine rings is 3. The van der Waals surface area contributed by atoms with Gasteiger partial charge in [-0.1, -0.05) is 31.2 Å². The topological polar surface area (TPSA) is 100 Å². The molecular weight excluding hydrogens is 436 g/mol. The number of hydrogen-bond acceptors (Lipinski definition) is 5. The highest BCUT2D eigenvalue weighted by Crippen LogP contribution is 2.34. The Labute approximate surface area is 201 Å². The molecule has 0 unspecified atom stereocenters. The maximum Gasteiger partial charge on any atom is 0.181 e. The second kappa shape index (κ2) is 8.61. The summed E-state index contributed by atoms with van der Waals surface area (Å²) in [5, 5.41) is 9.58. The summed E-state index contributed by atoms with van der Waals surface area (Å²) in [5.74, 6) is 0.181. The van der Waals surface area contributed by atoms with Crippen molar-refractivity contribution in [2.45, 2.75) is 19.8 Å². The summed E-state index contributed by atoms with van der Waals surface area (Å²) in [4.78, 5) is 28.8. The zero-order valence-corrected chi connectivity index (χ0v) is 19.1. The van der Waals surface area contributed by atoms with E-state index in [1.165, 1.54) is 0 Å². The van der Waals surface area contributed by atoms with Crippen LogP contribution in [0.4, 0.5) is 0 Å². The Morgan fingerprint density at radius 2 is 1.80 bits per heavy atom. The monoisotopic (exact) mass is 458 g/mol. The van der Waals surface area contributed by atoms with E-state index in [4.69, 9.17) is 0 Å². The van der Waals surface area contributed by atoms with Crippen LogP contribution in [0.15, 0.2) is 79.3 Å². The third kappa shape index (κ3) is 3.87. The van der Waals surface area contributed by atoms with Crippen LogP contribution in [-0.2, 0) is 11.2 Å². The minimum absolute atomic E-state index is 0.181. The van der Waals surface area contributed by atoms with Crippen LogP contribution < -0.4 is 0 Å². The molecule has 0 aliphatic rings. The highest BCUT2D eigenvalue weighted by Gasteiger charge is 2.15. The van der Waals surface area contributed by atoms with E-state index in [9.17, 15) is 4.79 Å². The van der Waals surface area contributed by atoms with Crippen LogP contribution in [0, 0.1) is 0 Å². The van der Waals surface area contributed by atoms with E-state index in [1.807, 2.05) is 43.3 Å². The third-order valence-electron chi connectivity index (χ3n) is 6.21. The van der Waals surface area contributed by atoms with Gasteiger partial charge in [0.25, 0.3) is 0 Å². The Hall–Kier alpha value is -4.65. The van der Waals surface area contributed by atoms with Crippen LogP contribution in [0.5, 0.6) is 0 Å². The number of benzene rings is 1. The number of aromatic amines is 2. The summed E-state index contributed by atoms with van der Waals surface area (Å²) < 4.78 is 0. The Balaban J connectivity index is 1.40. The SMILES string of the molecule is CCC(=O)Cc1ccc(-c2cnc3n[nH]c(-c4cc5c(-c6ccccn6)cccc5[nH]4)c3c2)cn1. The van der Waals surface area contributed by atoms with Gasteiger partial charge in [0.05, 0.1) is 17.1 Å². The molecule has 6 rings (SSSR count). The molecule has 0 amide bonds. The Morgan fingerprint density at radius 3 is 2.60 bits per heavy atom. The molecule has 170 valence electrons. The lowest BCUT2D eigenvalue weighted by molar-refractivity contribution is -0.118. The average Bonchev–Trinajstić information content (AvgIpc) is 3.53. The number of H-pyrrole nitrogens is 2. The van der Waals surface area contributed by atoms with E-state index in [-0.39, 0.29) is 5.78 Å². The first-order chi connectivity index (χ1) is 17.2. The Kier molecular flexibility index (Phi) is 5.15. The van der Waals surface area contributed by atoms with Crippen molar-refractivity contribution in [3.63, 3.8) is 0 Å². The summed E-state index contributed by atoms with van der Waals surface area (Å²) in [5.41, 5.74) is 8.12. The van der Waals surface area contributed by atoms with Gasteiger partial charge in [-0.05, 0) is 36.4 Å². The van der Waals surface area contributed by atoms with Crippen molar-refractivity contribution in [2.24, 2.45) is 0 Å². The smallest absolute Gasteiger partial charge is 0.181 e. The first-order valence-electron chi connectivity index (χ1n) is 11.5. The van der Waals surface area contributed by atoms with E-state index in [1.54, 1.807) is 18.6 Å². The van der Waals surface area contributed by atoms with Crippen molar-refractivity contribution < 1.29 is 4.79 Å². The normalized spacial score (nSPS) is 11.3. The highest BCUT2D eigenvalue weighted by molar-refractivity contribution is 6.00. The largest absolute Gasteiger partial charge is 0.353 e. The highest BCUT2D eigenvalue weighted by atomic mass is 16.1. The summed E-state index contributed by atoms with van der Waals surface area (Å²) >= 11 is 0. The number of rotatable bonds is 6. The molecule has 0 saturated heterocycles. The van der Waals surface area contributed by atoms with Crippen LogP contribution >= 0.6 is 0 Å². The van der Waals surface area contributed by atoms with Crippen molar-refractivity contribution in [3.05, 3.63) is 84.9 Å². The fourth-order valence-corrected chi connectivity index (χ4v) is 4.33. The van der Waals surface area contributed by atoms with Gasteiger partial charge in [0.2, 0.25) is 0 Å². The van der Waals surface area contributed by atoms with Gasteiger partial charge in [0.15, 0.2) is 5.65 Å². The minimum Gasteiger partial charge on any atom is -0.353 e. The fraction of sp³-hybridized carbons (Fsp3) is 0.107. The van der Waals surface area contributed by atoms with Gasteiger partial charge < -0.3 is 4.98 Å². The second-order valence-corrected chi connectivity index (χ2v) is 8.47. The van der Waals surface area contributed by atoms with Gasteiger partial charge in [0, 0.05) is 70.1 Å². The molecule has 2 N–H and O–H groups in total. The molecule has 5 aromatic heterocycles. The molecule has 0 aliphatic carbocycles. The molecule has 6 aromatic rings. The van der Waals surface area contributed by atoms with Gasteiger partial charge in [-0.15, -0.1) is 0 Å². The number of ketones is 1. The molecule has 7 nitrogen and oxygen atoms in total. The van der Waals surface area contributed by atoms with Crippen molar-refractivity contribution in [1.29, 1.82) is 0 Å². The van der Waals surface area contributed by atoms with Crippen LogP contribution in [0.2, 0.25) is 0 Å². The number of fused-ring (bicyclic) bond motifs is 2. The first kappa shape index (κ1) is 20.9. The Bertz CT molecular complexity index is 1670. The summed E-state index contributed by atoms with van der Waals surface area (Å²) in [6.45, 7) is 1.87. The van der Waals surface area contributed by atoms with Crippen LogP contribution in [0.1, 0.15) is 19.0 Å². The first-order valence-corrected chi connectivity index (χ1v) is 11.5. The number of carbonyl (C=O) groups excluding carboxylic acids is 1. The molecule has 35 heavy (non-hydrogen) atoms. The van der Waals surface area contributed by atoms with Crippen molar-refractivity contribution in [2.75, 3.05) is 0 Å². The van der Waals surface area contributed by atoms with Crippen LogP contribution in [0.3, 0.4) is 0 Å². The van der Waals surface area contributed by atoms with Crippen molar-refractivity contribution in [3.8, 4) is 33.8 Å². The maximum absolute atomic E-state index is 11.7. The minimum atomic E-state index is 0.181. The van der Waals surface area contributed by atoms with E-state index >= 15 is 0 Å². The van der Waals surface area contributed by atoms with Gasteiger partial charge in [-0.25, -0.2) is 4.98 Å².